The first kappa shape index (κ1) is 17.5. The van der Waals surface area contributed by atoms with E-state index < -0.39 is 5.97 Å². The first-order valence-corrected chi connectivity index (χ1v) is 6.48. The predicted octanol–water partition coefficient (Wildman–Crippen LogP) is -3.18. The molecule has 0 saturated carbocycles. The van der Waals surface area contributed by atoms with Crippen LogP contribution < -0.4 is 39.6 Å². The first-order chi connectivity index (χ1) is 9.20. The number of hydrogen-bond donors (Lipinski definition) is 0. The van der Waals surface area contributed by atoms with Crippen molar-refractivity contribution in [3.63, 3.8) is 0 Å². The number of carboxylic acid groups (broad SMARTS) is 1. The molecule has 0 N–H and O–H groups in total. The first-order valence-electron chi connectivity index (χ1n) is 6.48. The maximum Gasteiger partial charge on any atom is 1.00 e. The summed E-state index contributed by atoms with van der Waals surface area (Å²) in [5, 5.41) is 10.7. The van der Waals surface area contributed by atoms with E-state index in [0.717, 1.165) is 45.0 Å². The average molecular weight is 286 g/mol. The average Bonchev–Trinajstić information content (AvgIpc) is 2.46. The molecule has 1 aliphatic rings. The summed E-state index contributed by atoms with van der Waals surface area (Å²) in [7, 11) is 1.72. The number of rotatable bonds is 5. The zero-order valence-electron chi connectivity index (χ0n) is 12.2. The Morgan fingerprint density at radius 2 is 1.80 bits per heavy atom. The molecule has 1 aliphatic heterocycles. The Bertz CT molecular complexity index is 417. The molecule has 20 heavy (non-hydrogen) atoms. The number of methoxy groups -OCH3 is 1. The van der Waals surface area contributed by atoms with Gasteiger partial charge in [-0.3, -0.25) is 4.90 Å². The van der Waals surface area contributed by atoms with Gasteiger partial charge in [0.1, 0.15) is 0 Å². The second kappa shape index (κ2) is 8.64. The van der Waals surface area contributed by atoms with E-state index in [1.165, 1.54) is 0 Å². The number of benzene rings is 1. The van der Waals surface area contributed by atoms with Gasteiger partial charge in [-0.1, -0.05) is 12.1 Å². The van der Waals surface area contributed by atoms with Gasteiger partial charge >= 0.3 is 29.6 Å². The number of piperazine rings is 1. The Morgan fingerprint density at radius 1 is 1.20 bits per heavy atom. The standard InChI is InChI=1S/C14H20N2O3.Na/c1-19-11-10-15-6-8-16(9-7-15)13-4-2-12(3-5-13)14(17)18;/h2-5H,6-11H2,1H3,(H,17,18);/q;+1/p-1. The van der Waals surface area contributed by atoms with E-state index >= 15 is 0 Å². The molecule has 1 aromatic carbocycles. The van der Waals surface area contributed by atoms with Crippen LogP contribution in [-0.2, 0) is 4.74 Å². The van der Waals surface area contributed by atoms with Gasteiger partial charge in [-0.15, -0.1) is 0 Å². The number of carboxylic acids is 1. The summed E-state index contributed by atoms with van der Waals surface area (Å²) in [5.41, 5.74) is 1.29. The fourth-order valence-corrected chi connectivity index (χ4v) is 2.26. The monoisotopic (exact) mass is 286 g/mol. The molecule has 1 aromatic rings. The third kappa shape index (κ3) is 4.75. The van der Waals surface area contributed by atoms with Crippen LogP contribution in [0.25, 0.3) is 0 Å². The van der Waals surface area contributed by atoms with Crippen molar-refractivity contribution in [3.05, 3.63) is 29.8 Å². The summed E-state index contributed by atoms with van der Waals surface area (Å²) in [6.07, 6.45) is 0. The van der Waals surface area contributed by atoms with Crippen LogP contribution in [-0.4, -0.2) is 57.3 Å². The number of hydrogen-bond acceptors (Lipinski definition) is 5. The largest absolute Gasteiger partial charge is 1.00 e. The van der Waals surface area contributed by atoms with Crippen LogP contribution in [0.4, 0.5) is 5.69 Å². The minimum absolute atomic E-state index is 0. The van der Waals surface area contributed by atoms with Crippen molar-refractivity contribution in [1.29, 1.82) is 0 Å². The van der Waals surface area contributed by atoms with Gasteiger partial charge in [0.05, 0.1) is 12.6 Å². The molecular weight excluding hydrogens is 267 g/mol. The molecular formula is C14H19N2NaO3. The normalized spacial score (nSPS) is 15.8. The second-order valence-corrected chi connectivity index (χ2v) is 4.66. The van der Waals surface area contributed by atoms with Crippen LogP contribution in [0.1, 0.15) is 10.4 Å². The number of nitrogens with zero attached hydrogens (tertiary/aromatic N) is 2. The number of carbonyl (C=O) groups excluding carboxylic acids is 1. The summed E-state index contributed by atoms with van der Waals surface area (Å²) in [6.45, 7) is 5.65. The van der Waals surface area contributed by atoms with Crippen molar-refractivity contribution in [2.45, 2.75) is 0 Å². The van der Waals surface area contributed by atoms with E-state index in [9.17, 15) is 9.90 Å². The summed E-state index contributed by atoms with van der Waals surface area (Å²) >= 11 is 0. The molecule has 0 amide bonds. The Morgan fingerprint density at radius 3 is 2.30 bits per heavy atom. The van der Waals surface area contributed by atoms with E-state index in [-0.39, 0.29) is 35.1 Å². The third-order valence-electron chi connectivity index (χ3n) is 3.45. The van der Waals surface area contributed by atoms with Crippen molar-refractivity contribution >= 4 is 11.7 Å². The number of carbonyl (C=O) groups is 1. The van der Waals surface area contributed by atoms with Gasteiger partial charge in [0.15, 0.2) is 0 Å². The van der Waals surface area contributed by atoms with E-state index in [1.54, 1.807) is 19.2 Å². The quantitative estimate of drug-likeness (QED) is 0.534. The van der Waals surface area contributed by atoms with Crippen molar-refractivity contribution in [2.24, 2.45) is 0 Å². The molecule has 2 rings (SSSR count). The maximum absolute atomic E-state index is 10.7. The molecule has 5 nitrogen and oxygen atoms in total. The molecule has 0 aliphatic carbocycles. The van der Waals surface area contributed by atoms with Gasteiger partial charge < -0.3 is 19.5 Å². The molecule has 104 valence electrons. The Hall–Kier alpha value is -0.590. The zero-order chi connectivity index (χ0) is 13.7. The van der Waals surface area contributed by atoms with Crippen molar-refractivity contribution in [1.82, 2.24) is 4.90 Å². The van der Waals surface area contributed by atoms with Gasteiger partial charge in [-0.2, -0.15) is 0 Å². The summed E-state index contributed by atoms with van der Waals surface area (Å²) < 4.78 is 5.07. The zero-order valence-corrected chi connectivity index (χ0v) is 14.2. The smallest absolute Gasteiger partial charge is 0.545 e. The van der Waals surface area contributed by atoms with E-state index in [2.05, 4.69) is 9.80 Å². The molecule has 0 bridgehead atoms. The van der Waals surface area contributed by atoms with Crippen molar-refractivity contribution < 1.29 is 44.2 Å². The minimum Gasteiger partial charge on any atom is -0.545 e. The van der Waals surface area contributed by atoms with Crippen LogP contribution in [0, 0.1) is 0 Å². The topological polar surface area (TPSA) is 55.8 Å². The molecule has 0 atom stereocenters. The van der Waals surface area contributed by atoms with Gasteiger partial charge in [0, 0.05) is 45.5 Å². The van der Waals surface area contributed by atoms with Crippen molar-refractivity contribution in [2.75, 3.05) is 51.3 Å². The Kier molecular flexibility index (Phi) is 7.55. The van der Waals surface area contributed by atoms with Crippen LogP contribution >= 0.6 is 0 Å². The van der Waals surface area contributed by atoms with Gasteiger partial charge in [0.25, 0.3) is 0 Å². The van der Waals surface area contributed by atoms with E-state index in [1.807, 2.05) is 12.1 Å². The van der Waals surface area contributed by atoms with Crippen LogP contribution in [0.15, 0.2) is 24.3 Å². The molecule has 1 fully saturated rings. The molecule has 1 saturated heterocycles. The summed E-state index contributed by atoms with van der Waals surface area (Å²) in [6, 6.07) is 6.88. The number of ether oxygens (including phenoxy) is 1. The fourth-order valence-electron chi connectivity index (χ4n) is 2.26. The van der Waals surface area contributed by atoms with E-state index in [4.69, 9.17) is 4.74 Å². The molecule has 0 aromatic heterocycles. The fraction of sp³-hybridized carbons (Fsp3) is 0.500. The number of aromatic carboxylic acids is 1. The van der Waals surface area contributed by atoms with Crippen LogP contribution in [0.2, 0.25) is 0 Å². The maximum atomic E-state index is 10.7. The molecule has 0 unspecified atom stereocenters. The second-order valence-electron chi connectivity index (χ2n) is 4.66. The minimum atomic E-state index is -1.13. The predicted molar refractivity (Wildman–Crippen MR) is 71.3 cm³/mol. The SMILES string of the molecule is COCCN1CCN(c2ccc(C(=O)[O-])cc2)CC1.[Na+]. The van der Waals surface area contributed by atoms with Crippen LogP contribution in [0.3, 0.4) is 0 Å². The molecule has 1 heterocycles. The Balaban J connectivity index is 0.00000200. The number of anilines is 1. The van der Waals surface area contributed by atoms with Gasteiger partial charge in [0.2, 0.25) is 0 Å². The van der Waals surface area contributed by atoms with Crippen LogP contribution in [0.5, 0.6) is 0 Å². The Labute approximate surface area is 141 Å². The van der Waals surface area contributed by atoms with E-state index in [0.29, 0.717) is 0 Å². The summed E-state index contributed by atoms with van der Waals surface area (Å²) in [5.74, 6) is -1.13. The summed E-state index contributed by atoms with van der Waals surface area (Å²) in [4.78, 5) is 15.3. The molecule has 0 spiro atoms. The molecule has 6 heteroatoms. The van der Waals surface area contributed by atoms with Gasteiger partial charge in [-0.05, 0) is 17.7 Å². The van der Waals surface area contributed by atoms with Crippen molar-refractivity contribution in [3.8, 4) is 0 Å². The third-order valence-corrected chi connectivity index (χ3v) is 3.45. The van der Waals surface area contributed by atoms with Gasteiger partial charge in [-0.25, -0.2) is 0 Å². The molecule has 0 radical (unpaired) electrons.